The van der Waals surface area contributed by atoms with Crippen molar-refractivity contribution in [2.24, 2.45) is 11.8 Å². The Labute approximate surface area is 137 Å². The van der Waals surface area contributed by atoms with Gasteiger partial charge in [0.1, 0.15) is 0 Å². The van der Waals surface area contributed by atoms with Crippen LogP contribution in [0.1, 0.15) is 51.4 Å². The van der Waals surface area contributed by atoms with Gasteiger partial charge in [-0.05, 0) is 25.7 Å². The van der Waals surface area contributed by atoms with Gasteiger partial charge in [0.05, 0.1) is 0 Å². The number of likely N-dealkylation sites (tertiary alicyclic amines) is 1. The smallest absolute Gasteiger partial charge is 0.225 e. The molecule has 2 saturated heterocycles. The van der Waals surface area contributed by atoms with Gasteiger partial charge >= 0.3 is 0 Å². The second-order valence-electron chi connectivity index (χ2n) is 7.15. The molecule has 1 saturated carbocycles. The van der Waals surface area contributed by atoms with Crippen LogP contribution in [0, 0.1) is 11.8 Å². The summed E-state index contributed by atoms with van der Waals surface area (Å²) in [5.41, 5.74) is 0. The second-order valence-corrected chi connectivity index (χ2v) is 7.15. The van der Waals surface area contributed by atoms with Crippen molar-refractivity contribution in [1.29, 1.82) is 0 Å². The van der Waals surface area contributed by atoms with Gasteiger partial charge in [0.2, 0.25) is 17.7 Å². The maximum Gasteiger partial charge on any atom is 0.225 e. The van der Waals surface area contributed by atoms with Gasteiger partial charge in [0, 0.05) is 43.9 Å². The van der Waals surface area contributed by atoms with Crippen LogP contribution in [-0.4, -0.2) is 48.3 Å². The van der Waals surface area contributed by atoms with Crippen LogP contribution in [0.5, 0.6) is 0 Å². The molecule has 2 N–H and O–H groups in total. The summed E-state index contributed by atoms with van der Waals surface area (Å²) in [7, 11) is 0. The van der Waals surface area contributed by atoms with Crippen LogP contribution >= 0.6 is 0 Å². The van der Waals surface area contributed by atoms with E-state index in [-0.39, 0.29) is 42.0 Å². The molecule has 6 heteroatoms. The lowest BCUT2D eigenvalue weighted by Gasteiger charge is -2.26. The van der Waals surface area contributed by atoms with Gasteiger partial charge in [-0.2, -0.15) is 0 Å². The fourth-order valence-electron chi connectivity index (χ4n) is 4.01. The van der Waals surface area contributed by atoms with Crippen LogP contribution in [0.3, 0.4) is 0 Å². The number of carbonyl (C=O) groups is 3. The highest BCUT2D eigenvalue weighted by Crippen LogP contribution is 2.27. The third-order valence-electron chi connectivity index (χ3n) is 5.42. The minimum atomic E-state index is -0.216. The first-order valence-corrected chi connectivity index (χ1v) is 8.99. The van der Waals surface area contributed by atoms with E-state index in [4.69, 9.17) is 0 Å². The summed E-state index contributed by atoms with van der Waals surface area (Å²) in [6.07, 6.45) is 7.41. The second kappa shape index (κ2) is 7.32. The van der Waals surface area contributed by atoms with Crippen LogP contribution in [-0.2, 0) is 14.4 Å². The maximum atomic E-state index is 12.5. The van der Waals surface area contributed by atoms with Crippen molar-refractivity contribution in [3.8, 4) is 0 Å². The molecule has 0 aromatic carbocycles. The number of nitrogens with one attached hydrogen (secondary N) is 2. The van der Waals surface area contributed by atoms with E-state index in [2.05, 4.69) is 10.6 Å². The van der Waals surface area contributed by atoms with E-state index in [0.717, 1.165) is 38.6 Å². The molecule has 23 heavy (non-hydrogen) atoms. The van der Waals surface area contributed by atoms with Crippen molar-refractivity contribution in [2.75, 3.05) is 19.6 Å². The Morgan fingerprint density at radius 1 is 1.04 bits per heavy atom. The Morgan fingerprint density at radius 3 is 2.57 bits per heavy atom. The minimum absolute atomic E-state index is 0.0307. The van der Waals surface area contributed by atoms with Gasteiger partial charge in [-0.1, -0.05) is 19.3 Å². The van der Waals surface area contributed by atoms with Crippen LogP contribution in [0.25, 0.3) is 0 Å². The summed E-state index contributed by atoms with van der Waals surface area (Å²) in [4.78, 5) is 38.1. The van der Waals surface area contributed by atoms with Gasteiger partial charge in [0.15, 0.2) is 0 Å². The third kappa shape index (κ3) is 4.03. The van der Waals surface area contributed by atoms with Gasteiger partial charge in [-0.25, -0.2) is 0 Å². The molecule has 2 aliphatic heterocycles. The molecule has 3 rings (SSSR count). The zero-order valence-electron chi connectivity index (χ0n) is 13.7. The fraction of sp³-hybridized carbons (Fsp3) is 0.824. The van der Waals surface area contributed by atoms with Gasteiger partial charge < -0.3 is 15.5 Å². The molecule has 6 nitrogen and oxygen atoms in total. The molecule has 0 bridgehead atoms. The fourth-order valence-corrected chi connectivity index (χ4v) is 4.01. The summed E-state index contributed by atoms with van der Waals surface area (Å²) >= 11 is 0. The largest absolute Gasteiger partial charge is 0.356 e. The lowest BCUT2D eigenvalue weighted by molar-refractivity contribution is -0.136. The van der Waals surface area contributed by atoms with Crippen LogP contribution in [0.2, 0.25) is 0 Å². The Balaban J connectivity index is 1.46. The number of amides is 3. The van der Waals surface area contributed by atoms with Gasteiger partial charge in [-0.15, -0.1) is 0 Å². The normalized spacial score (nSPS) is 29.2. The van der Waals surface area contributed by atoms with Crippen LogP contribution < -0.4 is 10.6 Å². The number of carbonyl (C=O) groups excluding carboxylic acids is 3. The predicted molar refractivity (Wildman–Crippen MR) is 85.4 cm³/mol. The first kappa shape index (κ1) is 16.3. The molecule has 0 radical (unpaired) electrons. The molecular weight excluding hydrogens is 294 g/mol. The van der Waals surface area contributed by atoms with Crippen LogP contribution in [0.4, 0.5) is 0 Å². The molecule has 0 aromatic rings. The molecule has 0 unspecified atom stereocenters. The lowest BCUT2D eigenvalue weighted by Crippen LogP contribution is -2.45. The molecule has 0 aromatic heterocycles. The highest BCUT2D eigenvalue weighted by atomic mass is 16.2. The predicted octanol–water partition coefficient (Wildman–Crippen LogP) is 0.810. The molecular formula is C17H27N3O3. The Morgan fingerprint density at radius 2 is 1.83 bits per heavy atom. The van der Waals surface area contributed by atoms with E-state index in [1.165, 1.54) is 6.42 Å². The Kier molecular flexibility index (Phi) is 5.18. The van der Waals surface area contributed by atoms with Gasteiger partial charge in [-0.3, -0.25) is 14.4 Å². The highest BCUT2D eigenvalue weighted by Gasteiger charge is 2.33. The Hall–Kier alpha value is -1.59. The monoisotopic (exact) mass is 321 g/mol. The van der Waals surface area contributed by atoms with E-state index in [1.807, 2.05) is 4.90 Å². The van der Waals surface area contributed by atoms with Crippen LogP contribution in [0.15, 0.2) is 0 Å². The third-order valence-corrected chi connectivity index (χ3v) is 5.42. The van der Waals surface area contributed by atoms with E-state index >= 15 is 0 Å². The number of nitrogens with zero attached hydrogens (tertiary/aromatic N) is 1. The summed E-state index contributed by atoms with van der Waals surface area (Å²) in [5, 5.41) is 5.79. The van der Waals surface area contributed by atoms with Crippen molar-refractivity contribution in [3.05, 3.63) is 0 Å². The summed E-state index contributed by atoms with van der Waals surface area (Å²) < 4.78 is 0. The van der Waals surface area contributed by atoms with Crippen molar-refractivity contribution in [3.63, 3.8) is 0 Å². The molecule has 3 aliphatic rings. The molecule has 2 heterocycles. The molecule has 2 atom stereocenters. The van der Waals surface area contributed by atoms with E-state index in [9.17, 15) is 14.4 Å². The number of piperidine rings is 1. The van der Waals surface area contributed by atoms with Gasteiger partial charge in [0.25, 0.3) is 0 Å². The first-order chi connectivity index (χ1) is 11.1. The van der Waals surface area contributed by atoms with Crippen molar-refractivity contribution in [1.82, 2.24) is 15.5 Å². The van der Waals surface area contributed by atoms with E-state index in [0.29, 0.717) is 19.5 Å². The number of hydrogen-bond acceptors (Lipinski definition) is 3. The summed E-state index contributed by atoms with van der Waals surface area (Å²) in [5.74, 6) is 0.180. The lowest BCUT2D eigenvalue weighted by atomic mass is 9.88. The zero-order valence-corrected chi connectivity index (χ0v) is 13.7. The Bertz CT molecular complexity index is 474. The summed E-state index contributed by atoms with van der Waals surface area (Å²) in [6, 6.07) is 0.0417. The SMILES string of the molecule is O=C1C[C@H](C(=O)N[C@@H]2CCN(C(=O)C3CCCCC3)C2)CCN1. The summed E-state index contributed by atoms with van der Waals surface area (Å²) in [6.45, 7) is 1.94. The molecule has 0 spiro atoms. The number of hydrogen-bond donors (Lipinski definition) is 2. The van der Waals surface area contributed by atoms with E-state index < -0.39 is 0 Å². The maximum absolute atomic E-state index is 12.5. The zero-order chi connectivity index (χ0) is 16.2. The highest BCUT2D eigenvalue weighted by molar-refractivity contribution is 5.87. The minimum Gasteiger partial charge on any atom is -0.356 e. The molecule has 3 fully saturated rings. The van der Waals surface area contributed by atoms with Crippen molar-refractivity contribution >= 4 is 17.7 Å². The quantitative estimate of drug-likeness (QED) is 0.807. The molecule has 128 valence electrons. The first-order valence-electron chi connectivity index (χ1n) is 8.99. The number of rotatable bonds is 3. The molecule has 3 amide bonds. The average Bonchev–Trinajstić information content (AvgIpc) is 3.03. The van der Waals surface area contributed by atoms with Crippen molar-refractivity contribution in [2.45, 2.75) is 57.4 Å². The van der Waals surface area contributed by atoms with E-state index in [1.54, 1.807) is 0 Å². The standard InChI is InChI=1S/C17H27N3O3/c21-15-10-13(6-8-18-15)16(22)19-14-7-9-20(11-14)17(23)12-4-2-1-3-5-12/h12-14H,1-11H2,(H,18,21)(H,19,22)/t13-,14-/m1/s1. The average molecular weight is 321 g/mol. The molecule has 1 aliphatic carbocycles. The van der Waals surface area contributed by atoms with Crippen molar-refractivity contribution < 1.29 is 14.4 Å². The topological polar surface area (TPSA) is 78.5 Å².